The summed E-state index contributed by atoms with van der Waals surface area (Å²) in [5, 5.41) is 14.6. The average Bonchev–Trinajstić information content (AvgIpc) is 3.32. The zero-order chi connectivity index (χ0) is 25.4. The minimum absolute atomic E-state index is 0.0824. The van der Waals surface area contributed by atoms with Crippen molar-refractivity contribution in [3.63, 3.8) is 0 Å². The van der Waals surface area contributed by atoms with Crippen molar-refractivity contribution in [1.82, 2.24) is 5.43 Å². The van der Waals surface area contributed by atoms with Crippen molar-refractivity contribution in [3.05, 3.63) is 81.1 Å². The van der Waals surface area contributed by atoms with Crippen LogP contribution < -0.4 is 19.6 Å². The zero-order valence-electron chi connectivity index (χ0n) is 19.3. The Morgan fingerprint density at radius 1 is 1.06 bits per heavy atom. The van der Waals surface area contributed by atoms with Crippen molar-refractivity contribution in [3.8, 4) is 17.2 Å². The zero-order valence-corrected chi connectivity index (χ0v) is 19.3. The van der Waals surface area contributed by atoms with Gasteiger partial charge in [0.2, 0.25) is 5.76 Å². The van der Waals surface area contributed by atoms with E-state index in [9.17, 15) is 19.7 Å². The number of rotatable bonds is 10. The Morgan fingerprint density at radius 2 is 1.86 bits per heavy atom. The second-order valence-electron chi connectivity index (χ2n) is 7.27. The third kappa shape index (κ3) is 6.90. The summed E-state index contributed by atoms with van der Waals surface area (Å²) in [7, 11) is 0. The molecule has 3 aromatic rings. The Kier molecular flexibility index (Phi) is 8.17. The van der Waals surface area contributed by atoms with E-state index in [4.69, 9.17) is 18.6 Å². The highest BCUT2D eigenvalue weighted by Crippen LogP contribution is 2.29. The Labute approximate surface area is 200 Å². The first-order valence-corrected chi connectivity index (χ1v) is 10.5. The van der Waals surface area contributed by atoms with Gasteiger partial charge in [-0.3, -0.25) is 14.9 Å². The normalized spacial score (nSPS) is 10.7. The Balaban J connectivity index is 1.60. The monoisotopic (exact) mass is 481 g/mol. The van der Waals surface area contributed by atoms with E-state index in [1.54, 1.807) is 19.1 Å². The predicted molar refractivity (Wildman–Crippen MR) is 125 cm³/mol. The maximum atomic E-state index is 12.3. The summed E-state index contributed by atoms with van der Waals surface area (Å²) < 4.78 is 21.2. The SMILES string of the molecule is CCOc1cc(C=NNC(=O)COc2cc(C)ccc2C)ccc1OC(=O)c1ccc([N+](=O)[O-])o1. The number of nitrogens with zero attached hydrogens (tertiary/aromatic N) is 2. The van der Waals surface area contributed by atoms with Gasteiger partial charge in [0.15, 0.2) is 18.1 Å². The van der Waals surface area contributed by atoms with Crippen LogP contribution in [-0.2, 0) is 4.79 Å². The second kappa shape index (κ2) is 11.5. The van der Waals surface area contributed by atoms with Gasteiger partial charge in [0.25, 0.3) is 5.91 Å². The number of carbonyl (C=O) groups is 2. The number of ether oxygens (including phenoxy) is 3. The third-order valence-corrected chi connectivity index (χ3v) is 4.55. The van der Waals surface area contributed by atoms with E-state index in [0.29, 0.717) is 11.3 Å². The van der Waals surface area contributed by atoms with Crippen LogP contribution in [0.3, 0.4) is 0 Å². The van der Waals surface area contributed by atoms with Gasteiger partial charge < -0.3 is 18.6 Å². The van der Waals surface area contributed by atoms with Gasteiger partial charge in [0, 0.05) is 0 Å². The molecule has 3 rings (SSSR count). The van der Waals surface area contributed by atoms with Gasteiger partial charge in [-0.15, -0.1) is 0 Å². The smallest absolute Gasteiger partial charge is 0.433 e. The molecule has 1 heterocycles. The number of hydrogen-bond donors (Lipinski definition) is 1. The van der Waals surface area contributed by atoms with Crippen molar-refractivity contribution >= 4 is 24.0 Å². The van der Waals surface area contributed by atoms with Gasteiger partial charge in [-0.25, -0.2) is 10.2 Å². The van der Waals surface area contributed by atoms with Crippen LogP contribution in [0, 0.1) is 24.0 Å². The van der Waals surface area contributed by atoms with Crippen LogP contribution in [0.2, 0.25) is 0 Å². The van der Waals surface area contributed by atoms with Crippen LogP contribution >= 0.6 is 0 Å². The summed E-state index contributed by atoms with van der Waals surface area (Å²) in [4.78, 5) is 34.3. The highest BCUT2D eigenvalue weighted by molar-refractivity contribution is 5.89. The molecular formula is C24H23N3O8. The molecule has 1 amide bonds. The van der Waals surface area contributed by atoms with E-state index in [1.807, 2.05) is 32.0 Å². The van der Waals surface area contributed by atoms with E-state index < -0.39 is 22.7 Å². The molecule has 0 unspecified atom stereocenters. The first-order chi connectivity index (χ1) is 16.8. The number of hydrogen-bond acceptors (Lipinski definition) is 9. The molecule has 2 aromatic carbocycles. The maximum Gasteiger partial charge on any atom is 0.433 e. The molecule has 35 heavy (non-hydrogen) atoms. The molecule has 0 aliphatic carbocycles. The van der Waals surface area contributed by atoms with Crippen LogP contribution in [0.25, 0.3) is 0 Å². The molecule has 11 nitrogen and oxygen atoms in total. The van der Waals surface area contributed by atoms with Crippen molar-refractivity contribution < 1.29 is 33.1 Å². The van der Waals surface area contributed by atoms with Gasteiger partial charge >= 0.3 is 11.9 Å². The van der Waals surface area contributed by atoms with Crippen LogP contribution in [-0.4, -0.2) is 36.2 Å². The summed E-state index contributed by atoms with van der Waals surface area (Å²) in [6, 6.07) is 12.5. The fraction of sp³-hybridized carbons (Fsp3) is 0.208. The summed E-state index contributed by atoms with van der Waals surface area (Å²) in [5.41, 5.74) is 4.87. The van der Waals surface area contributed by atoms with Crippen LogP contribution in [0.1, 0.15) is 34.2 Å². The van der Waals surface area contributed by atoms with Gasteiger partial charge in [-0.05, 0) is 67.8 Å². The number of nitro groups is 1. The van der Waals surface area contributed by atoms with Gasteiger partial charge in [0.05, 0.1) is 18.9 Å². The largest absolute Gasteiger partial charge is 0.490 e. The first-order valence-electron chi connectivity index (χ1n) is 10.5. The number of aryl methyl sites for hydroxylation is 2. The molecular weight excluding hydrogens is 458 g/mol. The maximum absolute atomic E-state index is 12.3. The minimum atomic E-state index is -0.920. The average molecular weight is 481 g/mol. The second-order valence-corrected chi connectivity index (χ2v) is 7.27. The number of hydrazone groups is 1. The quantitative estimate of drug-likeness (QED) is 0.151. The first kappa shape index (κ1) is 25.0. The number of carbonyl (C=O) groups excluding carboxylic acids is 2. The van der Waals surface area contributed by atoms with E-state index in [-0.39, 0.29) is 30.5 Å². The lowest BCUT2D eigenvalue weighted by Crippen LogP contribution is -2.24. The number of amides is 1. The minimum Gasteiger partial charge on any atom is -0.490 e. The number of esters is 1. The summed E-state index contributed by atoms with van der Waals surface area (Å²) in [5.74, 6) is -1.32. The topological polar surface area (TPSA) is 142 Å². The molecule has 0 aliphatic rings. The van der Waals surface area contributed by atoms with Crippen LogP contribution in [0.4, 0.5) is 5.88 Å². The standard InChI is InChI=1S/C24H23N3O8/c1-4-32-21-12-17(7-8-18(21)35-24(29)19-9-10-23(34-19)27(30)31)13-25-26-22(28)14-33-20-11-15(2)5-6-16(20)3/h5-13H,4,14H2,1-3H3,(H,26,28). The Hall–Kier alpha value is -4.67. The van der Waals surface area contributed by atoms with E-state index in [2.05, 4.69) is 10.5 Å². The lowest BCUT2D eigenvalue weighted by atomic mass is 10.1. The molecule has 0 bridgehead atoms. The molecule has 0 saturated heterocycles. The lowest BCUT2D eigenvalue weighted by Gasteiger charge is -2.10. The van der Waals surface area contributed by atoms with E-state index >= 15 is 0 Å². The van der Waals surface area contributed by atoms with Gasteiger partial charge in [-0.1, -0.05) is 12.1 Å². The van der Waals surface area contributed by atoms with E-state index in [0.717, 1.165) is 23.3 Å². The molecule has 0 spiro atoms. The van der Waals surface area contributed by atoms with Crippen LogP contribution in [0.15, 0.2) is 58.0 Å². The molecule has 11 heteroatoms. The molecule has 1 N–H and O–H groups in total. The third-order valence-electron chi connectivity index (χ3n) is 4.55. The van der Waals surface area contributed by atoms with Crippen molar-refractivity contribution in [2.75, 3.05) is 13.2 Å². The summed E-state index contributed by atoms with van der Waals surface area (Å²) >= 11 is 0. The lowest BCUT2D eigenvalue weighted by molar-refractivity contribution is -0.402. The van der Waals surface area contributed by atoms with Gasteiger partial charge in [0.1, 0.15) is 10.7 Å². The fourth-order valence-electron chi connectivity index (χ4n) is 2.86. The Bertz CT molecular complexity index is 1270. The number of nitrogens with one attached hydrogen (secondary N) is 1. The molecule has 182 valence electrons. The van der Waals surface area contributed by atoms with Crippen molar-refractivity contribution in [2.45, 2.75) is 20.8 Å². The number of benzene rings is 2. The number of furan rings is 1. The summed E-state index contributed by atoms with van der Waals surface area (Å²) in [6.07, 6.45) is 1.39. The fourth-order valence-corrected chi connectivity index (χ4v) is 2.86. The van der Waals surface area contributed by atoms with E-state index in [1.165, 1.54) is 12.3 Å². The highest BCUT2D eigenvalue weighted by atomic mass is 16.7. The molecule has 0 radical (unpaired) electrons. The Morgan fingerprint density at radius 3 is 2.57 bits per heavy atom. The molecule has 0 saturated carbocycles. The van der Waals surface area contributed by atoms with Crippen LogP contribution in [0.5, 0.6) is 17.2 Å². The molecule has 1 aromatic heterocycles. The summed E-state index contributed by atoms with van der Waals surface area (Å²) in [6.45, 7) is 5.65. The molecule has 0 aliphatic heterocycles. The molecule has 0 atom stereocenters. The van der Waals surface area contributed by atoms with Crippen molar-refractivity contribution in [2.24, 2.45) is 5.10 Å². The molecule has 0 fully saturated rings. The van der Waals surface area contributed by atoms with Gasteiger partial charge in [-0.2, -0.15) is 5.10 Å². The predicted octanol–water partition coefficient (Wildman–Crippen LogP) is 3.95. The highest BCUT2D eigenvalue weighted by Gasteiger charge is 2.20. The van der Waals surface area contributed by atoms with Crippen molar-refractivity contribution in [1.29, 1.82) is 0 Å².